The van der Waals surface area contributed by atoms with Crippen molar-refractivity contribution in [1.82, 2.24) is 15.0 Å². The van der Waals surface area contributed by atoms with Crippen molar-refractivity contribution >= 4 is 34.4 Å². The van der Waals surface area contributed by atoms with Crippen molar-refractivity contribution in [2.75, 3.05) is 18.0 Å². The number of hydrogen-bond donors (Lipinski definition) is 2. The van der Waals surface area contributed by atoms with Crippen LogP contribution in [0.1, 0.15) is 30.4 Å². The van der Waals surface area contributed by atoms with Crippen molar-refractivity contribution in [2.45, 2.75) is 31.9 Å². The smallest absolute Gasteiger partial charge is 0.475 e. The molecule has 6 nitrogen and oxygen atoms in total. The molecule has 30 heavy (non-hydrogen) atoms. The third kappa shape index (κ3) is 4.84. The van der Waals surface area contributed by atoms with Gasteiger partial charge in [-0.05, 0) is 36.1 Å². The van der Waals surface area contributed by atoms with E-state index in [2.05, 4.69) is 38.9 Å². The maximum Gasteiger partial charge on any atom is 0.490 e. The maximum absolute atomic E-state index is 10.6. The van der Waals surface area contributed by atoms with Gasteiger partial charge in [0.15, 0.2) is 0 Å². The SMILES string of the molecule is CCc1c[nH]c2ncnc(N3CCC(c4cccc(Cl)c4)C3)c12.O=C(O)C(F)(F)F. The summed E-state index contributed by atoms with van der Waals surface area (Å²) in [5.74, 6) is -1.20. The van der Waals surface area contributed by atoms with E-state index >= 15 is 0 Å². The number of nitrogens with zero attached hydrogens (tertiary/aromatic N) is 3. The average molecular weight is 441 g/mol. The van der Waals surface area contributed by atoms with Gasteiger partial charge < -0.3 is 15.0 Å². The van der Waals surface area contributed by atoms with Crippen LogP contribution in [-0.4, -0.2) is 45.3 Å². The van der Waals surface area contributed by atoms with Crippen LogP contribution in [0.3, 0.4) is 0 Å². The molecule has 1 aliphatic rings. The van der Waals surface area contributed by atoms with Crippen molar-refractivity contribution in [3.8, 4) is 0 Å². The normalized spacial score (nSPS) is 16.4. The standard InChI is InChI=1S/C18H19ClN4.C2HF3O2/c1-2-12-9-20-17-16(12)18(22-11-21-17)23-7-6-14(10-23)13-4-3-5-15(19)8-13;3-2(4,5)1(6)7/h3-5,8-9,11,14H,2,6-7,10H2,1H3,(H,20,21,22);(H,6,7). The Morgan fingerprint density at radius 1 is 1.37 bits per heavy atom. The molecule has 0 amide bonds. The molecule has 3 heterocycles. The second-order valence-electron chi connectivity index (χ2n) is 6.88. The van der Waals surface area contributed by atoms with E-state index in [9.17, 15) is 13.2 Å². The van der Waals surface area contributed by atoms with E-state index in [4.69, 9.17) is 21.5 Å². The van der Waals surface area contributed by atoms with E-state index in [0.717, 1.165) is 42.4 Å². The number of carbonyl (C=O) groups is 1. The molecule has 160 valence electrons. The average Bonchev–Trinajstić information content (AvgIpc) is 3.35. The Kier molecular flexibility index (Phi) is 6.50. The minimum absolute atomic E-state index is 0.503. The summed E-state index contributed by atoms with van der Waals surface area (Å²) in [5, 5.41) is 9.10. The summed E-state index contributed by atoms with van der Waals surface area (Å²) in [7, 11) is 0. The van der Waals surface area contributed by atoms with Crippen LogP contribution in [0.5, 0.6) is 0 Å². The van der Waals surface area contributed by atoms with Crippen LogP contribution < -0.4 is 4.90 Å². The second-order valence-corrected chi connectivity index (χ2v) is 7.31. The largest absolute Gasteiger partial charge is 0.490 e. The number of hydrogen-bond acceptors (Lipinski definition) is 4. The Hall–Kier alpha value is -2.81. The molecule has 0 bridgehead atoms. The number of fused-ring (bicyclic) bond motifs is 1. The number of benzene rings is 1. The maximum atomic E-state index is 10.6. The van der Waals surface area contributed by atoms with Crippen LogP contribution in [-0.2, 0) is 11.2 Å². The molecule has 1 aliphatic heterocycles. The molecular formula is C20H20ClF3N4O2. The summed E-state index contributed by atoms with van der Waals surface area (Å²) in [6.07, 6.45) is 0.720. The number of aromatic amines is 1. The van der Waals surface area contributed by atoms with E-state index in [1.54, 1.807) is 6.33 Å². The molecule has 1 atom stereocenters. The highest BCUT2D eigenvalue weighted by Gasteiger charge is 2.38. The first-order chi connectivity index (χ1) is 14.2. The van der Waals surface area contributed by atoms with E-state index in [0.29, 0.717) is 5.92 Å². The number of aryl methyl sites for hydroxylation is 1. The van der Waals surface area contributed by atoms with Crippen LogP contribution in [0.2, 0.25) is 5.02 Å². The summed E-state index contributed by atoms with van der Waals surface area (Å²) >= 11 is 6.14. The van der Waals surface area contributed by atoms with E-state index in [-0.39, 0.29) is 0 Å². The van der Waals surface area contributed by atoms with Gasteiger partial charge in [-0.3, -0.25) is 0 Å². The third-order valence-electron chi connectivity index (χ3n) is 4.96. The fourth-order valence-corrected chi connectivity index (χ4v) is 3.71. The predicted molar refractivity (Wildman–Crippen MR) is 108 cm³/mol. The lowest BCUT2D eigenvalue weighted by Crippen LogP contribution is -2.21. The molecule has 3 aromatic rings. The summed E-state index contributed by atoms with van der Waals surface area (Å²) in [6.45, 7) is 4.15. The Labute approximate surface area is 175 Å². The molecule has 0 spiro atoms. The molecule has 1 saturated heterocycles. The quantitative estimate of drug-likeness (QED) is 0.611. The number of halogens is 4. The lowest BCUT2D eigenvalue weighted by Gasteiger charge is -2.19. The molecular weight excluding hydrogens is 421 g/mol. The van der Waals surface area contributed by atoms with Crippen LogP contribution in [0.15, 0.2) is 36.8 Å². The molecule has 0 radical (unpaired) electrons. The first-order valence-electron chi connectivity index (χ1n) is 9.32. The van der Waals surface area contributed by atoms with Gasteiger partial charge in [-0.2, -0.15) is 13.2 Å². The molecule has 1 unspecified atom stereocenters. The van der Waals surface area contributed by atoms with Crippen LogP contribution in [0.4, 0.5) is 19.0 Å². The van der Waals surface area contributed by atoms with Crippen molar-refractivity contribution in [3.05, 3.63) is 52.9 Å². The fraction of sp³-hybridized carbons (Fsp3) is 0.350. The highest BCUT2D eigenvalue weighted by atomic mass is 35.5. The van der Waals surface area contributed by atoms with Gasteiger partial charge in [-0.15, -0.1) is 0 Å². The van der Waals surface area contributed by atoms with E-state index in [1.807, 2.05) is 18.3 Å². The topological polar surface area (TPSA) is 82.1 Å². The Morgan fingerprint density at radius 3 is 2.73 bits per heavy atom. The predicted octanol–water partition coefficient (Wildman–Crippen LogP) is 4.80. The first kappa shape index (κ1) is 21.9. The molecule has 1 fully saturated rings. The number of carboxylic acid groups (broad SMARTS) is 1. The fourth-order valence-electron chi connectivity index (χ4n) is 3.51. The zero-order valence-corrected chi connectivity index (χ0v) is 16.8. The van der Waals surface area contributed by atoms with E-state index < -0.39 is 12.1 Å². The van der Waals surface area contributed by atoms with Crippen molar-refractivity contribution in [3.63, 3.8) is 0 Å². The monoisotopic (exact) mass is 440 g/mol. The van der Waals surface area contributed by atoms with Crippen molar-refractivity contribution in [1.29, 1.82) is 0 Å². The van der Waals surface area contributed by atoms with Crippen molar-refractivity contribution < 1.29 is 23.1 Å². The molecule has 0 aliphatic carbocycles. The number of alkyl halides is 3. The lowest BCUT2D eigenvalue weighted by molar-refractivity contribution is -0.192. The van der Waals surface area contributed by atoms with Gasteiger partial charge in [0.2, 0.25) is 0 Å². The van der Waals surface area contributed by atoms with E-state index in [1.165, 1.54) is 16.5 Å². The minimum Gasteiger partial charge on any atom is -0.475 e. The highest BCUT2D eigenvalue weighted by molar-refractivity contribution is 6.30. The molecule has 2 N–H and O–H groups in total. The van der Waals surface area contributed by atoms with Gasteiger partial charge in [0.1, 0.15) is 17.8 Å². The molecule has 4 rings (SSSR count). The summed E-state index contributed by atoms with van der Waals surface area (Å²) in [6, 6.07) is 8.21. The number of nitrogens with one attached hydrogen (secondary N) is 1. The number of H-pyrrole nitrogens is 1. The Balaban J connectivity index is 0.000000318. The number of carboxylic acids is 1. The zero-order chi connectivity index (χ0) is 21.9. The summed E-state index contributed by atoms with van der Waals surface area (Å²) < 4.78 is 31.7. The Bertz CT molecular complexity index is 1040. The molecule has 10 heteroatoms. The minimum atomic E-state index is -5.08. The Morgan fingerprint density at radius 2 is 2.10 bits per heavy atom. The number of rotatable bonds is 3. The van der Waals surface area contributed by atoms with Crippen LogP contribution >= 0.6 is 11.6 Å². The third-order valence-corrected chi connectivity index (χ3v) is 5.20. The van der Waals surface area contributed by atoms with Gasteiger partial charge in [-0.1, -0.05) is 30.7 Å². The molecule has 1 aromatic carbocycles. The summed E-state index contributed by atoms with van der Waals surface area (Å²) in [5.41, 5.74) is 3.52. The van der Waals surface area contributed by atoms with Gasteiger partial charge in [0.25, 0.3) is 0 Å². The number of anilines is 1. The number of aromatic nitrogens is 3. The van der Waals surface area contributed by atoms with Crippen LogP contribution in [0, 0.1) is 0 Å². The highest BCUT2D eigenvalue weighted by Crippen LogP contribution is 2.34. The zero-order valence-electron chi connectivity index (χ0n) is 16.1. The van der Waals surface area contributed by atoms with Gasteiger partial charge in [0.05, 0.1) is 5.39 Å². The summed E-state index contributed by atoms with van der Waals surface area (Å²) in [4.78, 5) is 23.5. The lowest BCUT2D eigenvalue weighted by atomic mass is 9.99. The first-order valence-corrected chi connectivity index (χ1v) is 9.70. The van der Waals surface area contributed by atoms with Crippen LogP contribution in [0.25, 0.3) is 11.0 Å². The van der Waals surface area contributed by atoms with Crippen molar-refractivity contribution in [2.24, 2.45) is 0 Å². The molecule has 0 saturated carbocycles. The van der Waals surface area contributed by atoms with Gasteiger partial charge in [-0.25, -0.2) is 14.8 Å². The second kappa shape index (κ2) is 8.91. The van der Waals surface area contributed by atoms with Gasteiger partial charge >= 0.3 is 12.1 Å². The molecule has 2 aromatic heterocycles. The van der Waals surface area contributed by atoms with Gasteiger partial charge in [0, 0.05) is 30.2 Å². The number of aliphatic carboxylic acids is 1.